The molecular weight excluding hydrogens is 210 g/mol. The Morgan fingerprint density at radius 1 is 1.71 bits per heavy atom. The topological polar surface area (TPSA) is 88.1 Å². The molecule has 7 heteroatoms. The molecule has 0 aliphatic rings. The first kappa shape index (κ1) is 12.9. The number of carbonyl (C=O) groups excluding carboxylic acids is 1. The molecule has 0 saturated carbocycles. The second-order valence-corrected chi connectivity index (χ2v) is 2.44. The van der Waals surface area contributed by atoms with Gasteiger partial charge in [-0.15, -0.1) is 17.5 Å². The van der Waals surface area contributed by atoms with E-state index in [9.17, 15) is 4.79 Å². The van der Waals surface area contributed by atoms with E-state index in [1.165, 1.54) is 6.92 Å². The minimum Gasteiger partial charge on any atom is -0.460 e. The summed E-state index contributed by atoms with van der Waals surface area (Å²) in [6, 6.07) is 0. The Balaban J connectivity index is 0.00000169. The molecule has 0 saturated heterocycles. The van der Waals surface area contributed by atoms with Gasteiger partial charge in [0, 0.05) is 0 Å². The maximum Gasteiger partial charge on any atom is 0.378 e. The average molecular weight is 222 g/mol. The van der Waals surface area contributed by atoms with E-state index in [4.69, 9.17) is 5.11 Å². The Bertz CT molecular complexity index is 300. The first-order valence-corrected chi connectivity index (χ1v) is 3.92. The maximum atomic E-state index is 11.0. The predicted molar refractivity (Wildman–Crippen MR) is 50.2 cm³/mol. The molecule has 2 N–H and O–H groups in total. The van der Waals surface area contributed by atoms with E-state index >= 15 is 0 Å². The van der Waals surface area contributed by atoms with E-state index in [1.54, 1.807) is 6.92 Å². The number of halogens is 1. The number of aromatic nitrogens is 3. The van der Waals surface area contributed by atoms with Gasteiger partial charge in [-0.25, -0.2) is 9.78 Å². The van der Waals surface area contributed by atoms with E-state index in [1.807, 2.05) is 0 Å². The predicted octanol–water partition coefficient (Wildman–Crippen LogP) is 0.456. The third-order valence-corrected chi connectivity index (χ3v) is 1.36. The Labute approximate surface area is 87.1 Å². The lowest BCUT2D eigenvalue weighted by Gasteiger charge is -1.95. The molecular formula is C7H12ClN3O3. The third-order valence-electron chi connectivity index (χ3n) is 1.36. The van der Waals surface area contributed by atoms with Crippen LogP contribution in [0.2, 0.25) is 0 Å². The van der Waals surface area contributed by atoms with Crippen molar-refractivity contribution in [3.05, 3.63) is 11.6 Å². The van der Waals surface area contributed by atoms with Gasteiger partial charge < -0.3 is 9.84 Å². The molecule has 0 aliphatic heterocycles. The van der Waals surface area contributed by atoms with Gasteiger partial charge in [-0.2, -0.15) is 0 Å². The first-order chi connectivity index (χ1) is 6.15. The van der Waals surface area contributed by atoms with E-state index in [0.717, 1.165) is 0 Å². The van der Waals surface area contributed by atoms with E-state index in [2.05, 4.69) is 19.9 Å². The molecule has 0 aliphatic carbocycles. The van der Waals surface area contributed by atoms with Crippen LogP contribution in [0.5, 0.6) is 0 Å². The zero-order chi connectivity index (χ0) is 9.84. The number of aliphatic hydroxyl groups is 1. The molecule has 0 unspecified atom stereocenters. The van der Waals surface area contributed by atoms with Gasteiger partial charge in [0.05, 0.1) is 6.61 Å². The number of hydrogen-bond acceptors (Lipinski definition) is 5. The molecule has 1 aromatic heterocycles. The van der Waals surface area contributed by atoms with Crippen molar-refractivity contribution in [2.24, 2.45) is 0 Å². The molecule has 1 atom stereocenters. The van der Waals surface area contributed by atoms with Crippen LogP contribution in [0.3, 0.4) is 0 Å². The van der Waals surface area contributed by atoms with Gasteiger partial charge >= 0.3 is 5.97 Å². The number of nitrogens with zero attached hydrogens (tertiary/aromatic N) is 2. The van der Waals surface area contributed by atoms with Gasteiger partial charge in [0.2, 0.25) is 0 Å². The Kier molecular flexibility index (Phi) is 5.11. The molecule has 0 aromatic carbocycles. The SMILES string of the molecule is CCOC(=O)c1n[nH]c([C@@H](C)O)n1.Cl. The zero-order valence-electron chi connectivity index (χ0n) is 7.85. The van der Waals surface area contributed by atoms with Gasteiger partial charge in [-0.1, -0.05) is 0 Å². The maximum absolute atomic E-state index is 11.0. The summed E-state index contributed by atoms with van der Waals surface area (Å²) in [6.07, 6.45) is -0.768. The highest BCUT2D eigenvalue weighted by molar-refractivity contribution is 5.85. The highest BCUT2D eigenvalue weighted by atomic mass is 35.5. The minimum absolute atomic E-state index is 0. The van der Waals surface area contributed by atoms with E-state index in [0.29, 0.717) is 0 Å². The molecule has 14 heavy (non-hydrogen) atoms. The summed E-state index contributed by atoms with van der Waals surface area (Å²) in [4.78, 5) is 14.8. The second kappa shape index (κ2) is 5.56. The van der Waals surface area contributed by atoms with Gasteiger partial charge in [0.1, 0.15) is 6.10 Å². The monoisotopic (exact) mass is 221 g/mol. The lowest BCUT2D eigenvalue weighted by atomic mass is 10.4. The van der Waals surface area contributed by atoms with E-state index in [-0.39, 0.29) is 30.7 Å². The van der Waals surface area contributed by atoms with Crippen LogP contribution in [-0.4, -0.2) is 32.9 Å². The fourth-order valence-electron chi connectivity index (χ4n) is 0.748. The summed E-state index contributed by atoms with van der Waals surface area (Å²) < 4.78 is 4.66. The summed E-state index contributed by atoms with van der Waals surface area (Å²) in [5, 5.41) is 15.1. The molecule has 0 bridgehead atoms. The fourth-order valence-corrected chi connectivity index (χ4v) is 0.748. The van der Waals surface area contributed by atoms with Crippen molar-refractivity contribution in [1.82, 2.24) is 15.2 Å². The number of aromatic amines is 1. The lowest BCUT2D eigenvalue weighted by molar-refractivity contribution is 0.0512. The van der Waals surface area contributed by atoms with Crippen LogP contribution in [0.15, 0.2) is 0 Å². The minimum atomic E-state index is -0.768. The van der Waals surface area contributed by atoms with Crippen LogP contribution < -0.4 is 0 Å². The van der Waals surface area contributed by atoms with Gasteiger partial charge in [-0.3, -0.25) is 5.10 Å². The highest BCUT2D eigenvalue weighted by Crippen LogP contribution is 2.05. The molecule has 1 aromatic rings. The van der Waals surface area contributed by atoms with Crippen molar-refractivity contribution in [2.75, 3.05) is 6.61 Å². The van der Waals surface area contributed by atoms with Crippen LogP contribution in [-0.2, 0) is 4.74 Å². The van der Waals surface area contributed by atoms with Crippen LogP contribution in [0, 0.1) is 0 Å². The van der Waals surface area contributed by atoms with Crippen molar-refractivity contribution in [3.63, 3.8) is 0 Å². The lowest BCUT2D eigenvalue weighted by Crippen LogP contribution is -2.06. The number of rotatable bonds is 3. The molecule has 0 fully saturated rings. The smallest absolute Gasteiger partial charge is 0.378 e. The molecule has 1 rings (SSSR count). The highest BCUT2D eigenvalue weighted by Gasteiger charge is 2.14. The largest absolute Gasteiger partial charge is 0.460 e. The fraction of sp³-hybridized carbons (Fsp3) is 0.571. The Hall–Kier alpha value is -1.14. The first-order valence-electron chi connectivity index (χ1n) is 3.92. The number of ether oxygens (including phenoxy) is 1. The molecule has 0 radical (unpaired) electrons. The van der Waals surface area contributed by atoms with E-state index < -0.39 is 12.1 Å². The third kappa shape index (κ3) is 2.97. The summed E-state index contributed by atoms with van der Waals surface area (Å²) in [5.41, 5.74) is 0. The van der Waals surface area contributed by atoms with Gasteiger partial charge in [0.25, 0.3) is 5.82 Å². The average Bonchev–Trinajstić information content (AvgIpc) is 2.52. The second-order valence-electron chi connectivity index (χ2n) is 2.44. The number of aliphatic hydroxyl groups excluding tert-OH is 1. The summed E-state index contributed by atoms with van der Waals surface area (Å²) in [5.74, 6) is -0.397. The zero-order valence-corrected chi connectivity index (χ0v) is 8.67. The van der Waals surface area contributed by atoms with Crippen molar-refractivity contribution in [1.29, 1.82) is 0 Å². The van der Waals surface area contributed by atoms with Gasteiger partial charge in [-0.05, 0) is 13.8 Å². The van der Waals surface area contributed by atoms with Crippen molar-refractivity contribution >= 4 is 18.4 Å². The molecule has 80 valence electrons. The number of H-pyrrole nitrogens is 1. The molecule has 1 heterocycles. The van der Waals surface area contributed by atoms with Crippen LogP contribution in [0.4, 0.5) is 0 Å². The van der Waals surface area contributed by atoms with Crippen LogP contribution in [0.25, 0.3) is 0 Å². The van der Waals surface area contributed by atoms with Crippen molar-refractivity contribution in [2.45, 2.75) is 20.0 Å². The Morgan fingerprint density at radius 3 is 2.79 bits per heavy atom. The molecule has 0 amide bonds. The number of carbonyl (C=O) groups is 1. The standard InChI is InChI=1S/C7H11N3O3.ClH/c1-3-13-7(12)6-8-5(4(2)11)9-10-6;/h4,11H,3H2,1-2H3,(H,8,9,10);1H/t4-;/m1./s1. The molecule has 6 nitrogen and oxygen atoms in total. The number of nitrogens with one attached hydrogen (secondary N) is 1. The van der Waals surface area contributed by atoms with Crippen LogP contribution >= 0.6 is 12.4 Å². The summed E-state index contributed by atoms with van der Waals surface area (Å²) >= 11 is 0. The van der Waals surface area contributed by atoms with Crippen LogP contribution in [0.1, 0.15) is 36.4 Å². The van der Waals surface area contributed by atoms with Crippen molar-refractivity contribution < 1.29 is 14.6 Å². The van der Waals surface area contributed by atoms with Crippen molar-refractivity contribution in [3.8, 4) is 0 Å². The normalized spacial score (nSPS) is 11.6. The molecule has 0 spiro atoms. The number of esters is 1. The summed E-state index contributed by atoms with van der Waals surface area (Å²) in [6.45, 7) is 3.49. The quantitative estimate of drug-likeness (QED) is 0.724. The Morgan fingerprint density at radius 2 is 2.36 bits per heavy atom. The number of hydrogen-bond donors (Lipinski definition) is 2. The van der Waals surface area contributed by atoms with Gasteiger partial charge in [0.15, 0.2) is 5.82 Å². The summed E-state index contributed by atoms with van der Waals surface area (Å²) in [7, 11) is 0.